The van der Waals surface area contributed by atoms with E-state index in [1.807, 2.05) is 0 Å². The van der Waals surface area contributed by atoms with Crippen LogP contribution in [0.3, 0.4) is 0 Å². The van der Waals surface area contributed by atoms with Crippen LogP contribution in [0.4, 0.5) is 8.78 Å². The van der Waals surface area contributed by atoms with Crippen molar-refractivity contribution < 1.29 is 8.78 Å². The van der Waals surface area contributed by atoms with Gasteiger partial charge in [-0.05, 0) is 22.6 Å². The second-order valence-electron chi connectivity index (χ2n) is 2.39. The highest BCUT2D eigenvalue weighted by Gasteiger charge is 2.19. The largest absolute Gasteiger partial charge is 0.266 e. The van der Waals surface area contributed by atoms with Gasteiger partial charge >= 0.3 is 0 Å². The first-order valence-corrected chi connectivity index (χ1v) is 5.14. The normalized spacial score (nSPS) is 10.3. The van der Waals surface area contributed by atoms with Crippen molar-refractivity contribution in [2.45, 2.75) is 12.3 Å². The summed E-state index contributed by atoms with van der Waals surface area (Å²) in [6, 6.07) is 1.80. The third-order valence-electron chi connectivity index (χ3n) is 1.60. The van der Waals surface area contributed by atoms with Crippen LogP contribution in [-0.2, 0) is 5.88 Å². The van der Waals surface area contributed by atoms with Gasteiger partial charge in [0.05, 0.1) is 22.7 Å². The van der Waals surface area contributed by atoms with Gasteiger partial charge < -0.3 is 0 Å². The van der Waals surface area contributed by atoms with Gasteiger partial charge in [-0.3, -0.25) is 4.98 Å². The molecule has 74 valence electrons. The number of nitrogens with zero attached hydrogens (tertiary/aromatic N) is 2. The summed E-state index contributed by atoms with van der Waals surface area (Å²) >= 11 is 7.17. The Bertz CT molecular complexity index is 390. The average molecular weight is 328 g/mol. The van der Waals surface area contributed by atoms with Crippen molar-refractivity contribution in [2.24, 2.45) is 0 Å². The van der Waals surface area contributed by atoms with Crippen molar-refractivity contribution in [3.8, 4) is 6.07 Å². The number of rotatable bonds is 2. The lowest BCUT2D eigenvalue weighted by Crippen LogP contribution is -2.02. The molecule has 0 atom stereocenters. The summed E-state index contributed by atoms with van der Waals surface area (Å²) in [6.45, 7) is 0. The molecule has 0 radical (unpaired) electrons. The Hall–Kier alpha value is -0.480. The molecular weight excluding hydrogens is 324 g/mol. The summed E-state index contributed by atoms with van der Waals surface area (Å²) in [5, 5.41) is 8.62. The second kappa shape index (κ2) is 4.84. The zero-order valence-electron chi connectivity index (χ0n) is 6.77. The number of halogens is 4. The number of hydrogen-bond acceptors (Lipinski definition) is 2. The molecule has 2 nitrogen and oxygen atoms in total. The van der Waals surface area contributed by atoms with Gasteiger partial charge in [-0.15, -0.1) is 11.6 Å². The first-order valence-electron chi connectivity index (χ1n) is 3.53. The number of nitriles is 1. The van der Waals surface area contributed by atoms with Crippen LogP contribution < -0.4 is 0 Å². The maximum absolute atomic E-state index is 12.6. The molecular formula is C8H4ClF2IN2. The van der Waals surface area contributed by atoms with Gasteiger partial charge in [0.25, 0.3) is 6.43 Å². The molecule has 0 amide bonds. The molecule has 0 aliphatic rings. The fraction of sp³-hybridized carbons (Fsp3) is 0.250. The van der Waals surface area contributed by atoms with E-state index in [4.69, 9.17) is 16.9 Å². The smallest absolute Gasteiger partial charge is 0.258 e. The highest BCUT2D eigenvalue weighted by Crippen LogP contribution is 2.29. The quantitative estimate of drug-likeness (QED) is 0.617. The van der Waals surface area contributed by atoms with Crippen molar-refractivity contribution in [2.75, 3.05) is 0 Å². The third kappa shape index (κ3) is 2.12. The minimum atomic E-state index is -2.66. The maximum atomic E-state index is 12.6. The van der Waals surface area contributed by atoms with E-state index in [1.165, 1.54) is 6.20 Å². The molecule has 0 saturated carbocycles. The lowest BCUT2D eigenvalue weighted by Gasteiger charge is -2.08. The Labute approximate surface area is 98.0 Å². The second-order valence-corrected chi connectivity index (χ2v) is 3.74. The maximum Gasteiger partial charge on any atom is 0.266 e. The Kier molecular flexibility index (Phi) is 4.01. The van der Waals surface area contributed by atoms with E-state index in [9.17, 15) is 8.78 Å². The minimum absolute atomic E-state index is 0.0820. The van der Waals surface area contributed by atoms with Crippen LogP contribution in [-0.4, -0.2) is 4.98 Å². The Morgan fingerprint density at radius 3 is 2.71 bits per heavy atom. The van der Waals surface area contributed by atoms with Crippen LogP contribution in [0, 0.1) is 14.9 Å². The summed E-state index contributed by atoms with van der Waals surface area (Å²) in [4.78, 5) is 3.71. The molecule has 0 aromatic carbocycles. The highest BCUT2D eigenvalue weighted by atomic mass is 127. The molecule has 6 heteroatoms. The van der Waals surface area contributed by atoms with Crippen molar-refractivity contribution in [3.05, 3.63) is 26.6 Å². The van der Waals surface area contributed by atoms with E-state index < -0.39 is 6.43 Å². The first-order chi connectivity index (χ1) is 6.61. The molecule has 0 aliphatic carbocycles. The van der Waals surface area contributed by atoms with E-state index in [2.05, 4.69) is 4.98 Å². The van der Waals surface area contributed by atoms with Gasteiger partial charge in [-0.1, -0.05) is 0 Å². The van der Waals surface area contributed by atoms with Crippen molar-refractivity contribution >= 4 is 34.2 Å². The molecule has 1 aromatic rings. The highest BCUT2D eigenvalue weighted by molar-refractivity contribution is 14.1. The van der Waals surface area contributed by atoms with Gasteiger partial charge in [0.15, 0.2) is 0 Å². The molecule has 0 spiro atoms. The summed E-state index contributed by atoms with van der Waals surface area (Å²) in [7, 11) is 0. The average Bonchev–Trinajstić information content (AvgIpc) is 2.16. The topological polar surface area (TPSA) is 36.7 Å². The first kappa shape index (κ1) is 11.6. The third-order valence-corrected chi connectivity index (χ3v) is 3.01. The lowest BCUT2D eigenvalue weighted by molar-refractivity contribution is 0.149. The van der Waals surface area contributed by atoms with E-state index in [0.29, 0.717) is 0 Å². The zero-order valence-corrected chi connectivity index (χ0v) is 9.68. The van der Waals surface area contributed by atoms with Gasteiger partial charge in [0.2, 0.25) is 0 Å². The van der Waals surface area contributed by atoms with Crippen LogP contribution in [0.1, 0.15) is 23.2 Å². The van der Waals surface area contributed by atoms with Gasteiger partial charge in [-0.25, -0.2) is 8.78 Å². The molecule has 0 aliphatic heterocycles. The summed E-state index contributed by atoms with van der Waals surface area (Å²) in [6.07, 6.45) is -1.40. The molecule has 0 N–H and O–H groups in total. The number of aromatic nitrogens is 1. The summed E-state index contributed by atoms with van der Waals surface area (Å²) < 4.78 is 25.4. The standard InChI is InChI=1S/C8H4ClF2IN2/c9-1-5-6(8(10)11)7(12)4(2-13)3-14-5/h3,8H,1H2. The Morgan fingerprint density at radius 1 is 1.64 bits per heavy atom. The molecule has 1 aromatic heterocycles. The molecule has 14 heavy (non-hydrogen) atoms. The molecule has 0 bridgehead atoms. The summed E-state index contributed by atoms with van der Waals surface area (Å²) in [5.74, 6) is -0.0820. The molecule has 0 fully saturated rings. The van der Waals surface area contributed by atoms with Crippen LogP contribution in [0.15, 0.2) is 6.20 Å². The molecule has 1 rings (SSSR count). The monoisotopic (exact) mass is 328 g/mol. The van der Waals surface area contributed by atoms with Crippen molar-refractivity contribution in [1.82, 2.24) is 4.98 Å². The number of pyridine rings is 1. The van der Waals surface area contributed by atoms with Crippen molar-refractivity contribution in [1.29, 1.82) is 5.26 Å². The fourth-order valence-electron chi connectivity index (χ4n) is 0.947. The lowest BCUT2D eigenvalue weighted by atomic mass is 10.1. The van der Waals surface area contributed by atoms with E-state index >= 15 is 0 Å². The number of hydrogen-bond donors (Lipinski definition) is 0. The van der Waals surface area contributed by atoms with E-state index in [1.54, 1.807) is 28.7 Å². The molecule has 1 heterocycles. The van der Waals surface area contributed by atoms with Crippen LogP contribution in [0.5, 0.6) is 0 Å². The van der Waals surface area contributed by atoms with Gasteiger partial charge in [-0.2, -0.15) is 5.26 Å². The molecule has 0 saturated heterocycles. The van der Waals surface area contributed by atoms with E-state index in [0.717, 1.165) is 0 Å². The SMILES string of the molecule is N#Cc1cnc(CCl)c(C(F)F)c1I. The van der Waals surface area contributed by atoms with E-state index in [-0.39, 0.29) is 26.3 Å². The van der Waals surface area contributed by atoms with Crippen molar-refractivity contribution in [3.63, 3.8) is 0 Å². The molecule has 0 unspecified atom stereocenters. The summed E-state index contributed by atoms with van der Waals surface area (Å²) in [5.41, 5.74) is 0.0412. The fourth-order valence-corrected chi connectivity index (χ4v) is 1.97. The van der Waals surface area contributed by atoms with Crippen LogP contribution in [0.25, 0.3) is 0 Å². The predicted octanol–water partition coefficient (Wildman–Crippen LogP) is 3.23. The Morgan fingerprint density at radius 2 is 2.29 bits per heavy atom. The predicted molar refractivity (Wildman–Crippen MR) is 56.2 cm³/mol. The van der Waals surface area contributed by atoms with Gasteiger partial charge in [0, 0.05) is 9.77 Å². The minimum Gasteiger partial charge on any atom is -0.258 e. The van der Waals surface area contributed by atoms with Gasteiger partial charge in [0.1, 0.15) is 6.07 Å². The zero-order chi connectivity index (χ0) is 10.7. The number of alkyl halides is 3. The Balaban J connectivity index is 3.41. The van der Waals surface area contributed by atoms with Crippen LogP contribution >= 0.6 is 34.2 Å². The van der Waals surface area contributed by atoms with Crippen LogP contribution in [0.2, 0.25) is 0 Å².